The molecule has 0 aromatic heterocycles. The molecule has 16 heavy (non-hydrogen) atoms. The summed E-state index contributed by atoms with van der Waals surface area (Å²) < 4.78 is 52.4. The summed E-state index contributed by atoms with van der Waals surface area (Å²) in [5, 5.41) is 3.46. The van der Waals surface area contributed by atoms with Crippen LogP contribution in [0.3, 0.4) is 0 Å². The van der Waals surface area contributed by atoms with Crippen LogP contribution in [0.1, 0.15) is 19.4 Å². The maximum absolute atomic E-state index is 13.2. The second-order valence-electron chi connectivity index (χ2n) is 3.28. The standard InChI is InChI=1S/C10H9F4N2/c1-4(2)15-16-10-8(13)6(11)5(3)7(12)9(10)14/h16H,3H2,1-2H3. The van der Waals surface area contributed by atoms with Crippen LogP contribution in [-0.2, 0) is 0 Å². The molecule has 6 heteroatoms. The monoisotopic (exact) mass is 233 g/mol. The van der Waals surface area contributed by atoms with Crippen molar-refractivity contribution < 1.29 is 17.6 Å². The molecule has 0 saturated carbocycles. The van der Waals surface area contributed by atoms with Crippen LogP contribution < -0.4 is 5.43 Å². The van der Waals surface area contributed by atoms with E-state index in [0.717, 1.165) is 0 Å². The van der Waals surface area contributed by atoms with E-state index in [2.05, 4.69) is 12.0 Å². The van der Waals surface area contributed by atoms with Gasteiger partial charge in [-0.05, 0) is 20.8 Å². The van der Waals surface area contributed by atoms with E-state index in [9.17, 15) is 17.6 Å². The molecule has 1 aromatic carbocycles. The lowest BCUT2D eigenvalue weighted by Gasteiger charge is -2.08. The molecular formula is C10H9F4N2. The number of nitrogens with one attached hydrogen (secondary N) is 1. The summed E-state index contributed by atoms with van der Waals surface area (Å²) in [5.41, 5.74) is 0.447. The van der Waals surface area contributed by atoms with Crippen molar-refractivity contribution in [3.63, 3.8) is 0 Å². The van der Waals surface area contributed by atoms with E-state index >= 15 is 0 Å². The highest BCUT2D eigenvalue weighted by molar-refractivity contribution is 5.79. The van der Waals surface area contributed by atoms with Crippen molar-refractivity contribution >= 4 is 11.4 Å². The number of hydrazone groups is 1. The lowest BCUT2D eigenvalue weighted by Crippen LogP contribution is -2.06. The number of benzene rings is 1. The Morgan fingerprint density at radius 1 is 1.00 bits per heavy atom. The van der Waals surface area contributed by atoms with Crippen LogP contribution in [0.25, 0.3) is 0 Å². The molecule has 0 spiro atoms. The topological polar surface area (TPSA) is 24.4 Å². The molecule has 1 radical (unpaired) electrons. The van der Waals surface area contributed by atoms with Crippen molar-refractivity contribution in [2.45, 2.75) is 13.8 Å². The van der Waals surface area contributed by atoms with Gasteiger partial charge in [0.2, 0.25) is 0 Å². The first kappa shape index (κ1) is 12.5. The molecule has 0 saturated heterocycles. The predicted molar refractivity (Wildman–Crippen MR) is 53.1 cm³/mol. The molecule has 1 rings (SSSR count). The molecule has 0 unspecified atom stereocenters. The smallest absolute Gasteiger partial charge is 0.187 e. The fourth-order valence-electron chi connectivity index (χ4n) is 0.943. The van der Waals surface area contributed by atoms with E-state index in [1.54, 1.807) is 13.8 Å². The largest absolute Gasteiger partial charge is 0.272 e. The van der Waals surface area contributed by atoms with E-state index < -0.39 is 34.5 Å². The van der Waals surface area contributed by atoms with Crippen molar-refractivity contribution in [2.75, 3.05) is 5.43 Å². The lowest BCUT2D eigenvalue weighted by atomic mass is 10.2. The number of halogens is 4. The van der Waals surface area contributed by atoms with Crippen LogP contribution in [0.2, 0.25) is 0 Å². The Bertz CT molecular complexity index is 422. The number of anilines is 1. The van der Waals surface area contributed by atoms with E-state index in [1.807, 2.05) is 5.43 Å². The predicted octanol–water partition coefficient (Wildman–Crippen LogP) is 3.23. The molecule has 1 aromatic rings. The molecule has 87 valence electrons. The van der Waals surface area contributed by atoms with E-state index in [0.29, 0.717) is 5.71 Å². The van der Waals surface area contributed by atoms with Crippen LogP contribution in [0.4, 0.5) is 23.2 Å². The SMILES string of the molecule is [CH2]c1c(F)c(F)c(NN=C(C)C)c(F)c1F. The van der Waals surface area contributed by atoms with Gasteiger partial charge in [-0.3, -0.25) is 5.43 Å². The Kier molecular flexibility index (Phi) is 3.51. The Labute approximate surface area is 90.0 Å². The first-order chi connectivity index (χ1) is 7.36. The van der Waals surface area contributed by atoms with Crippen molar-refractivity contribution in [3.05, 3.63) is 35.8 Å². The lowest BCUT2D eigenvalue weighted by molar-refractivity contribution is 0.453. The minimum absolute atomic E-state index is 0.443. The third-order valence-electron chi connectivity index (χ3n) is 1.75. The second-order valence-corrected chi connectivity index (χ2v) is 3.28. The minimum Gasteiger partial charge on any atom is -0.272 e. The zero-order chi connectivity index (χ0) is 12.5. The summed E-state index contributed by atoms with van der Waals surface area (Å²) in [4.78, 5) is 0. The van der Waals surface area contributed by atoms with Gasteiger partial charge in [0, 0.05) is 11.3 Å². The zero-order valence-corrected chi connectivity index (χ0v) is 8.67. The van der Waals surface area contributed by atoms with Gasteiger partial charge in [0.25, 0.3) is 0 Å². The molecule has 0 fully saturated rings. The number of hydrogen-bond acceptors (Lipinski definition) is 2. The highest BCUT2D eigenvalue weighted by Gasteiger charge is 2.22. The fraction of sp³-hybridized carbons (Fsp3) is 0.200. The van der Waals surface area contributed by atoms with Crippen molar-refractivity contribution in [1.29, 1.82) is 0 Å². The summed E-state index contributed by atoms with van der Waals surface area (Å²) in [6, 6.07) is 0. The molecule has 0 aliphatic rings. The Balaban J connectivity index is 3.34. The first-order valence-corrected chi connectivity index (χ1v) is 4.31. The number of nitrogens with zero attached hydrogens (tertiary/aromatic N) is 1. The van der Waals surface area contributed by atoms with Gasteiger partial charge < -0.3 is 0 Å². The molecule has 0 aliphatic heterocycles. The van der Waals surface area contributed by atoms with Crippen LogP contribution in [0, 0.1) is 30.2 Å². The number of rotatable bonds is 2. The minimum atomic E-state index is -1.55. The van der Waals surface area contributed by atoms with E-state index in [4.69, 9.17) is 0 Å². The van der Waals surface area contributed by atoms with Crippen LogP contribution in [0.5, 0.6) is 0 Å². The van der Waals surface area contributed by atoms with Gasteiger partial charge in [-0.2, -0.15) is 5.10 Å². The zero-order valence-electron chi connectivity index (χ0n) is 8.67. The maximum atomic E-state index is 13.2. The van der Waals surface area contributed by atoms with Crippen LogP contribution in [0.15, 0.2) is 5.10 Å². The molecule has 0 bridgehead atoms. The first-order valence-electron chi connectivity index (χ1n) is 4.31. The van der Waals surface area contributed by atoms with Gasteiger partial charge in [-0.25, -0.2) is 17.6 Å². The highest BCUT2D eigenvalue weighted by Crippen LogP contribution is 2.27. The third-order valence-corrected chi connectivity index (χ3v) is 1.75. The average Bonchev–Trinajstić information content (AvgIpc) is 2.23. The normalized spacial score (nSPS) is 10.2. The van der Waals surface area contributed by atoms with E-state index in [-0.39, 0.29) is 0 Å². The summed E-state index contributed by atoms with van der Waals surface area (Å²) in [6.07, 6.45) is 0. The second kappa shape index (κ2) is 4.51. The molecular weight excluding hydrogens is 224 g/mol. The van der Waals surface area contributed by atoms with Gasteiger partial charge in [0.1, 0.15) is 5.69 Å². The van der Waals surface area contributed by atoms with Crippen molar-refractivity contribution in [1.82, 2.24) is 0 Å². The summed E-state index contributed by atoms with van der Waals surface area (Å²) in [5.74, 6) is -6.17. The maximum Gasteiger partial charge on any atom is 0.187 e. The fourth-order valence-corrected chi connectivity index (χ4v) is 0.943. The molecule has 1 N–H and O–H groups in total. The van der Waals surface area contributed by atoms with Gasteiger partial charge in [0.05, 0.1) is 0 Å². The third kappa shape index (κ3) is 2.15. The summed E-state index contributed by atoms with van der Waals surface area (Å²) in [6.45, 7) is 5.98. The highest BCUT2D eigenvalue weighted by atomic mass is 19.2. The molecule has 2 nitrogen and oxygen atoms in total. The average molecular weight is 233 g/mol. The Morgan fingerprint density at radius 3 is 1.81 bits per heavy atom. The van der Waals surface area contributed by atoms with Gasteiger partial charge in [-0.1, -0.05) is 0 Å². The van der Waals surface area contributed by atoms with Gasteiger partial charge >= 0.3 is 0 Å². The summed E-state index contributed by atoms with van der Waals surface area (Å²) in [7, 11) is 0. The van der Waals surface area contributed by atoms with Crippen molar-refractivity contribution in [3.8, 4) is 0 Å². The molecule has 0 amide bonds. The van der Waals surface area contributed by atoms with Crippen LogP contribution in [-0.4, -0.2) is 5.71 Å². The Morgan fingerprint density at radius 2 is 1.44 bits per heavy atom. The molecule has 0 atom stereocenters. The molecule has 0 heterocycles. The number of hydrogen-bond donors (Lipinski definition) is 1. The summed E-state index contributed by atoms with van der Waals surface area (Å²) >= 11 is 0. The van der Waals surface area contributed by atoms with Gasteiger partial charge in [-0.15, -0.1) is 0 Å². The van der Waals surface area contributed by atoms with Crippen molar-refractivity contribution in [2.24, 2.45) is 5.10 Å². The molecule has 0 aliphatic carbocycles. The van der Waals surface area contributed by atoms with Gasteiger partial charge in [0.15, 0.2) is 23.3 Å². The van der Waals surface area contributed by atoms with Crippen LogP contribution >= 0.6 is 0 Å². The quantitative estimate of drug-likeness (QED) is 0.360. The van der Waals surface area contributed by atoms with E-state index in [1.165, 1.54) is 0 Å². The Hall–Kier alpha value is -1.59.